The minimum atomic E-state index is 0.199. The van der Waals surface area contributed by atoms with Crippen LogP contribution in [0.25, 0.3) is 33.2 Å². The van der Waals surface area contributed by atoms with Gasteiger partial charge in [0.1, 0.15) is 11.8 Å². The lowest BCUT2D eigenvalue weighted by atomic mass is 10.1. The maximum atomic E-state index is 6.13. The monoisotopic (exact) mass is 431 g/mol. The number of H-pyrrole nitrogens is 1. The Bertz CT molecular complexity index is 1230. The maximum absolute atomic E-state index is 6.13. The third kappa shape index (κ3) is 4.23. The zero-order valence-electron chi connectivity index (χ0n) is 18.8. The summed E-state index contributed by atoms with van der Waals surface area (Å²) in [5.41, 5.74) is 4.56. The molecule has 0 spiro atoms. The predicted octanol–water partition coefficient (Wildman–Crippen LogP) is 4.25. The summed E-state index contributed by atoms with van der Waals surface area (Å²) in [6.45, 7) is 6.35. The number of aromatic nitrogens is 5. The van der Waals surface area contributed by atoms with E-state index in [9.17, 15) is 0 Å². The van der Waals surface area contributed by atoms with Gasteiger partial charge in [0, 0.05) is 42.5 Å². The molecular weight excluding hydrogens is 402 g/mol. The number of hydrogen-bond donors (Lipinski definition) is 2. The molecule has 8 heteroatoms. The van der Waals surface area contributed by atoms with Gasteiger partial charge in [0.25, 0.3) is 0 Å². The Kier molecular flexibility index (Phi) is 5.61. The lowest BCUT2D eigenvalue weighted by molar-refractivity contribution is 0.110. The molecule has 0 radical (unpaired) electrons. The van der Waals surface area contributed by atoms with Crippen molar-refractivity contribution in [1.82, 2.24) is 29.8 Å². The van der Waals surface area contributed by atoms with Gasteiger partial charge in [-0.05, 0) is 50.9 Å². The van der Waals surface area contributed by atoms with Crippen molar-refractivity contribution in [3.8, 4) is 17.0 Å². The van der Waals surface area contributed by atoms with Gasteiger partial charge in [0.05, 0.1) is 17.2 Å². The van der Waals surface area contributed by atoms with Crippen molar-refractivity contribution < 1.29 is 4.74 Å². The molecule has 1 unspecified atom stereocenters. The van der Waals surface area contributed by atoms with Gasteiger partial charge < -0.3 is 19.9 Å². The van der Waals surface area contributed by atoms with E-state index in [1.807, 2.05) is 18.5 Å². The van der Waals surface area contributed by atoms with Gasteiger partial charge in [0.2, 0.25) is 11.8 Å². The number of rotatable bonds is 6. The summed E-state index contributed by atoms with van der Waals surface area (Å²) in [6, 6.07) is 6.43. The molecule has 4 heterocycles. The van der Waals surface area contributed by atoms with Crippen LogP contribution >= 0.6 is 0 Å². The van der Waals surface area contributed by atoms with Crippen LogP contribution in [0.1, 0.15) is 33.1 Å². The molecule has 1 atom stereocenters. The summed E-state index contributed by atoms with van der Waals surface area (Å²) in [7, 11) is 2.15. The highest BCUT2D eigenvalue weighted by molar-refractivity contribution is 5.95. The number of anilines is 1. The first-order valence-corrected chi connectivity index (χ1v) is 11.3. The lowest BCUT2D eigenvalue weighted by Gasteiger charge is -2.28. The Hall–Kier alpha value is -3.26. The second kappa shape index (κ2) is 8.70. The van der Waals surface area contributed by atoms with Crippen molar-refractivity contribution in [2.45, 2.75) is 45.3 Å². The standard InChI is InChI=1S/C24H29N7O/c1-4-15(2)28-24-27-13-19-18(12-26-23(19)30-24)16-5-6-20-21(11-16)29-22(14-25-20)32-17-7-9-31(3)10-8-17/h5-6,11-15,17H,4,7-10H2,1-3H3,(H2,26,27,28,30). The smallest absolute Gasteiger partial charge is 0.233 e. The Morgan fingerprint density at radius 3 is 2.81 bits per heavy atom. The number of piperidine rings is 1. The molecule has 2 N–H and O–H groups in total. The van der Waals surface area contributed by atoms with E-state index < -0.39 is 0 Å². The normalized spacial score (nSPS) is 16.5. The van der Waals surface area contributed by atoms with Gasteiger partial charge in [-0.25, -0.2) is 15.0 Å². The predicted molar refractivity (Wildman–Crippen MR) is 127 cm³/mol. The summed E-state index contributed by atoms with van der Waals surface area (Å²) >= 11 is 0. The highest BCUT2D eigenvalue weighted by Gasteiger charge is 2.19. The molecule has 0 amide bonds. The average molecular weight is 432 g/mol. The van der Waals surface area contributed by atoms with Crippen LogP contribution in [0.3, 0.4) is 0 Å². The topological polar surface area (TPSA) is 91.9 Å². The first kappa shape index (κ1) is 20.6. The van der Waals surface area contributed by atoms with Crippen molar-refractivity contribution >= 4 is 28.0 Å². The number of aromatic amines is 1. The van der Waals surface area contributed by atoms with E-state index in [2.05, 4.69) is 63.2 Å². The van der Waals surface area contributed by atoms with E-state index in [0.29, 0.717) is 17.9 Å². The Balaban J connectivity index is 1.42. The number of ether oxygens (including phenoxy) is 1. The summed E-state index contributed by atoms with van der Waals surface area (Å²) in [5.74, 6) is 1.23. The van der Waals surface area contributed by atoms with Crippen molar-refractivity contribution in [2.75, 3.05) is 25.5 Å². The maximum Gasteiger partial charge on any atom is 0.233 e. The second-order valence-corrected chi connectivity index (χ2v) is 8.64. The molecule has 3 aromatic heterocycles. The van der Waals surface area contributed by atoms with Crippen LogP contribution in [0.5, 0.6) is 5.88 Å². The van der Waals surface area contributed by atoms with E-state index in [1.165, 1.54) is 0 Å². The fourth-order valence-corrected chi connectivity index (χ4v) is 4.03. The number of nitrogens with one attached hydrogen (secondary N) is 2. The molecule has 0 bridgehead atoms. The summed E-state index contributed by atoms with van der Waals surface area (Å²) < 4.78 is 6.13. The Morgan fingerprint density at radius 1 is 1.16 bits per heavy atom. The molecule has 1 fully saturated rings. The molecule has 5 rings (SSSR count). The van der Waals surface area contributed by atoms with E-state index in [1.54, 1.807) is 6.20 Å². The van der Waals surface area contributed by atoms with Gasteiger partial charge in [0.15, 0.2) is 0 Å². The highest BCUT2D eigenvalue weighted by Crippen LogP contribution is 2.30. The number of hydrogen-bond acceptors (Lipinski definition) is 7. The van der Waals surface area contributed by atoms with Crippen LogP contribution < -0.4 is 10.1 Å². The fraction of sp³-hybridized carbons (Fsp3) is 0.417. The van der Waals surface area contributed by atoms with E-state index in [4.69, 9.17) is 9.72 Å². The van der Waals surface area contributed by atoms with Crippen LogP contribution in [0.4, 0.5) is 5.95 Å². The molecular formula is C24H29N7O. The summed E-state index contributed by atoms with van der Waals surface area (Å²) in [4.78, 5) is 24.0. The van der Waals surface area contributed by atoms with Crippen LogP contribution in [-0.4, -0.2) is 62.1 Å². The van der Waals surface area contributed by atoms with Crippen LogP contribution in [0.15, 0.2) is 36.8 Å². The van der Waals surface area contributed by atoms with Crippen LogP contribution in [0, 0.1) is 0 Å². The molecule has 0 aliphatic carbocycles. The third-order valence-corrected chi connectivity index (χ3v) is 6.20. The van der Waals surface area contributed by atoms with Gasteiger partial charge in [-0.15, -0.1) is 0 Å². The van der Waals surface area contributed by atoms with Gasteiger partial charge in [-0.2, -0.15) is 4.98 Å². The number of fused-ring (bicyclic) bond motifs is 2. The molecule has 1 aliphatic rings. The fourth-order valence-electron chi connectivity index (χ4n) is 4.03. The first-order chi connectivity index (χ1) is 15.6. The van der Waals surface area contributed by atoms with E-state index in [0.717, 1.165) is 65.5 Å². The van der Waals surface area contributed by atoms with E-state index >= 15 is 0 Å². The first-order valence-electron chi connectivity index (χ1n) is 11.3. The zero-order chi connectivity index (χ0) is 22.1. The summed E-state index contributed by atoms with van der Waals surface area (Å²) in [5, 5.41) is 4.30. The molecule has 166 valence electrons. The SMILES string of the molecule is CCC(C)Nc1ncc2c(-c3ccc4ncc(OC5CCN(C)CC5)nc4c3)c[nH]c2n1. The molecule has 4 aromatic rings. The van der Waals surface area contributed by atoms with Crippen molar-refractivity contribution in [1.29, 1.82) is 0 Å². The minimum Gasteiger partial charge on any atom is -0.473 e. The molecule has 8 nitrogen and oxygen atoms in total. The molecule has 1 aliphatic heterocycles. The summed E-state index contributed by atoms with van der Waals surface area (Å²) in [6.07, 6.45) is 8.81. The average Bonchev–Trinajstić information content (AvgIpc) is 3.23. The minimum absolute atomic E-state index is 0.199. The Labute approximate surface area is 187 Å². The lowest BCUT2D eigenvalue weighted by Crippen LogP contribution is -2.35. The molecule has 32 heavy (non-hydrogen) atoms. The van der Waals surface area contributed by atoms with Crippen LogP contribution in [-0.2, 0) is 0 Å². The molecule has 0 saturated carbocycles. The largest absolute Gasteiger partial charge is 0.473 e. The zero-order valence-corrected chi connectivity index (χ0v) is 18.8. The Morgan fingerprint density at radius 2 is 2.00 bits per heavy atom. The number of nitrogens with zero attached hydrogens (tertiary/aromatic N) is 5. The quantitative estimate of drug-likeness (QED) is 0.471. The number of benzene rings is 1. The van der Waals surface area contributed by atoms with Crippen molar-refractivity contribution in [3.63, 3.8) is 0 Å². The van der Waals surface area contributed by atoms with Crippen LogP contribution in [0.2, 0.25) is 0 Å². The third-order valence-electron chi connectivity index (χ3n) is 6.20. The number of likely N-dealkylation sites (tertiary alicyclic amines) is 1. The molecule has 1 saturated heterocycles. The van der Waals surface area contributed by atoms with Gasteiger partial charge >= 0.3 is 0 Å². The van der Waals surface area contributed by atoms with Gasteiger partial charge in [-0.1, -0.05) is 13.0 Å². The van der Waals surface area contributed by atoms with Crippen molar-refractivity contribution in [2.24, 2.45) is 0 Å². The van der Waals surface area contributed by atoms with Gasteiger partial charge in [-0.3, -0.25) is 0 Å². The second-order valence-electron chi connectivity index (χ2n) is 8.64. The highest BCUT2D eigenvalue weighted by atomic mass is 16.5. The van der Waals surface area contributed by atoms with E-state index in [-0.39, 0.29) is 6.10 Å². The van der Waals surface area contributed by atoms with Crippen molar-refractivity contribution in [3.05, 3.63) is 36.8 Å². The molecule has 1 aromatic carbocycles.